The zero-order chi connectivity index (χ0) is 22.9. The molecule has 8 nitrogen and oxygen atoms in total. The van der Waals surface area contributed by atoms with Gasteiger partial charge in [0, 0.05) is 11.8 Å². The van der Waals surface area contributed by atoms with Gasteiger partial charge in [-0.05, 0) is 29.8 Å². The molecule has 0 saturated heterocycles. The van der Waals surface area contributed by atoms with Gasteiger partial charge in [-0.1, -0.05) is 42.5 Å². The molecule has 3 aromatic carbocycles. The van der Waals surface area contributed by atoms with Crippen LogP contribution in [0.15, 0.2) is 72.8 Å². The molecule has 8 heteroatoms. The van der Waals surface area contributed by atoms with Gasteiger partial charge in [0.25, 0.3) is 17.7 Å². The Morgan fingerprint density at radius 1 is 0.848 bits per heavy atom. The number of amides is 4. The Hall–Kier alpha value is -4.46. The summed E-state index contributed by atoms with van der Waals surface area (Å²) in [5, 5.41) is 2.69. The molecule has 1 N–H and O–H groups in total. The third-order valence-corrected chi connectivity index (χ3v) is 5.55. The van der Waals surface area contributed by atoms with Crippen LogP contribution in [-0.2, 0) is 16.1 Å². The van der Waals surface area contributed by atoms with Gasteiger partial charge in [-0.15, -0.1) is 0 Å². The fourth-order valence-corrected chi connectivity index (χ4v) is 3.95. The number of nitrogens with one attached hydrogen (secondary N) is 1. The minimum Gasteiger partial charge on any atom is -0.481 e. The molecule has 33 heavy (non-hydrogen) atoms. The Bertz CT molecular complexity index is 1250. The van der Waals surface area contributed by atoms with Crippen LogP contribution in [0.2, 0.25) is 0 Å². The van der Waals surface area contributed by atoms with E-state index < -0.39 is 24.3 Å². The van der Waals surface area contributed by atoms with Crippen LogP contribution >= 0.6 is 0 Å². The molecule has 2 heterocycles. The highest BCUT2D eigenvalue weighted by Crippen LogP contribution is 2.35. The van der Waals surface area contributed by atoms with E-state index in [4.69, 9.17) is 4.74 Å². The summed E-state index contributed by atoms with van der Waals surface area (Å²) in [4.78, 5) is 52.5. The van der Waals surface area contributed by atoms with Crippen molar-refractivity contribution < 1.29 is 23.9 Å². The van der Waals surface area contributed by atoms with E-state index in [0.29, 0.717) is 34.8 Å². The van der Waals surface area contributed by atoms with Crippen molar-refractivity contribution in [2.45, 2.75) is 6.54 Å². The van der Waals surface area contributed by atoms with Gasteiger partial charge >= 0.3 is 0 Å². The first-order valence-corrected chi connectivity index (χ1v) is 10.4. The van der Waals surface area contributed by atoms with Crippen LogP contribution in [0.25, 0.3) is 0 Å². The average Bonchev–Trinajstić information content (AvgIpc) is 3.06. The Balaban J connectivity index is 1.30. The molecular weight excluding hydrogens is 422 g/mol. The van der Waals surface area contributed by atoms with Crippen LogP contribution in [0.3, 0.4) is 0 Å². The van der Waals surface area contributed by atoms with Crippen molar-refractivity contribution >= 4 is 35.0 Å². The lowest BCUT2D eigenvalue weighted by atomic mass is 10.1. The lowest BCUT2D eigenvalue weighted by Gasteiger charge is -2.30. The van der Waals surface area contributed by atoms with Gasteiger partial charge in [-0.25, -0.2) is 0 Å². The van der Waals surface area contributed by atoms with Gasteiger partial charge in [0.2, 0.25) is 5.91 Å². The van der Waals surface area contributed by atoms with Gasteiger partial charge in [-0.2, -0.15) is 0 Å². The molecule has 0 saturated carbocycles. The Morgan fingerprint density at radius 3 is 2.21 bits per heavy atom. The number of rotatable bonds is 5. The number of hydrogen-bond acceptors (Lipinski definition) is 5. The summed E-state index contributed by atoms with van der Waals surface area (Å²) in [5.74, 6) is -1.19. The summed E-state index contributed by atoms with van der Waals surface area (Å²) >= 11 is 0. The van der Waals surface area contributed by atoms with Crippen molar-refractivity contribution in [1.82, 2.24) is 4.90 Å². The highest BCUT2D eigenvalue weighted by atomic mass is 16.5. The van der Waals surface area contributed by atoms with Crippen LogP contribution in [-0.4, -0.2) is 41.7 Å². The van der Waals surface area contributed by atoms with Crippen molar-refractivity contribution in [2.24, 2.45) is 0 Å². The Morgan fingerprint density at radius 2 is 1.52 bits per heavy atom. The lowest BCUT2D eigenvalue weighted by molar-refractivity contribution is -0.121. The van der Waals surface area contributed by atoms with Crippen molar-refractivity contribution in [1.29, 1.82) is 0 Å². The Labute approximate surface area is 189 Å². The van der Waals surface area contributed by atoms with E-state index in [1.807, 2.05) is 30.3 Å². The Kier molecular flexibility index (Phi) is 5.10. The van der Waals surface area contributed by atoms with E-state index in [2.05, 4.69) is 5.32 Å². The maximum absolute atomic E-state index is 12.6. The summed E-state index contributed by atoms with van der Waals surface area (Å²) in [6.45, 7) is -0.101. The van der Waals surface area contributed by atoms with E-state index >= 15 is 0 Å². The largest absolute Gasteiger partial charge is 0.481 e. The van der Waals surface area contributed by atoms with Crippen molar-refractivity contribution in [3.63, 3.8) is 0 Å². The summed E-state index contributed by atoms with van der Waals surface area (Å²) in [6.07, 6.45) is 0. The molecule has 5 rings (SSSR count). The number of hydrogen-bond donors (Lipinski definition) is 1. The van der Waals surface area contributed by atoms with Gasteiger partial charge in [0.05, 0.1) is 23.4 Å². The second kappa shape index (κ2) is 8.23. The van der Waals surface area contributed by atoms with Gasteiger partial charge < -0.3 is 15.0 Å². The van der Waals surface area contributed by atoms with Gasteiger partial charge in [-0.3, -0.25) is 24.1 Å². The third kappa shape index (κ3) is 3.82. The highest BCUT2D eigenvalue weighted by molar-refractivity contribution is 6.22. The normalized spacial score (nSPS) is 14.6. The van der Waals surface area contributed by atoms with E-state index in [0.717, 1.165) is 10.5 Å². The van der Waals surface area contributed by atoms with Crippen LogP contribution in [0.5, 0.6) is 5.75 Å². The zero-order valence-corrected chi connectivity index (χ0v) is 17.5. The smallest absolute Gasteiger partial charge is 0.265 e. The molecule has 0 fully saturated rings. The fourth-order valence-electron chi connectivity index (χ4n) is 3.95. The quantitative estimate of drug-likeness (QED) is 0.615. The summed E-state index contributed by atoms with van der Waals surface area (Å²) in [6, 6.07) is 21.1. The number of fused-ring (bicyclic) bond motifs is 2. The molecule has 0 aromatic heterocycles. The predicted molar refractivity (Wildman–Crippen MR) is 120 cm³/mol. The molecular formula is C25H19N3O5. The lowest BCUT2D eigenvalue weighted by Crippen LogP contribution is -2.38. The summed E-state index contributed by atoms with van der Waals surface area (Å²) in [7, 11) is 0. The number of ether oxygens (including phenoxy) is 1. The maximum atomic E-state index is 12.6. The van der Waals surface area contributed by atoms with Crippen molar-refractivity contribution in [2.75, 3.05) is 23.4 Å². The number of nitrogens with zero attached hydrogens (tertiary/aromatic N) is 2. The predicted octanol–water partition coefficient (Wildman–Crippen LogP) is 2.85. The number of carbonyl (C=O) groups excluding carboxylic acids is 4. The average molecular weight is 441 g/mol. The first-order valence-electron chi connectivity index (χ1n) is 10.4. The number of anilines is 2. The first-order chi connectivity index (χ1) is 16.0. The second-order valence-electron chi connectivity index (χ2n) is 7.73. The standard InChI is InChI=1S/C25H19N3O5/c29-22(14-28-24(31)18-8-4-5-9-19(18)25(28)32)26-17-10-11-20-21(12-17)33-15-23(30)27(20)13-16-6-2-1-3-7-16/h1-12H,13-15H2,(H,26,29). The van der Waals surface area contributed by atoms with E-state index in [1.54, 1.807) is 47.4 Å². The maximum Gasteiger partial charge on any atom is 0.265 e. The molecule has 4 amide bonds. The zero-order valence-electron chi connectivity index (χ0n) is 17.5. The summed E-state index contributed by atoms with van der Waals surface area (Å²) < 4.78 is 5.57. The molecule has 2 aliphatic rings. The molecule has 2 aliphatic heterocycles. The topological polar surface area (TPSA) is 96.0 Å². The van der Waals surface area contributed by atoms with Crippen LogP contribution in [0.1, 0.15) is 26.3 Å². The molecule has 3 aromatic rings. The molecule has 0 atom stereocenters. The van der Waals surface area contributed by atoms with E-state index in [1.165, 1.54) is 0 Å². The minimum atomic E-state index is -0.516. The van der Waals surface area contributed by atoms with Crippen LogP contribution < -0.4 is 15.0 Å². The third-order valence-electron chi connectivity index (χ3n) is 5.55. The first kappa shape index (κ1) is 20.4. The summed E-state index contributed by atoms with van der Waals surface area (Å²) in [5.41, 5.74) is 2.61. The molecule has 0 aliphatic carbocycles. The second-order valence-corrected chi connectivity index (χ2v) is 7.73. The molecule has 0 bridgehead atoms. The van der Waals surface area contributed by atoms with Crippen LogP contribution in [0, 0.1) is 0 Å². The molecule has 164 valence electrons. The van der Waals surface area contributed by atoms with Gasteiger partial charge in [0.15, 0.2) is 6.61 Å². The highest BCUT2D eigenvalue weighted by Gasteiger charge is 2.36. The van der Waals surface area contributed by atoms with Crippen LogP contribution in [0.4, 0.5) is 11.4 Å². The molecule has 0 spiro atoms. The number of benzene rings is 3. The molecule has 0 unspecified atom stereocenters. The number of imide groups is 1. The fraction of sp³-hybridized carbons (Fsp3) is 0.120. The minimum absolute atomic E-state index is 0.105. The van der Waals surface area contributed by atoms with Crippen molar-refractivity contribution in [3.05, 3.63) is 89.5 Å². The monoisotopic (exact) mass is 441 g/mol. The SMILES string of the molecule is O=C(CN1C(=O)c2ccccc2C1=O)Nc1ccc2c(c1)OCC(=O)N2Cc1ccccc1. The van der Waals surface area contributed by atoms with Crippen molar-refractivity contribution in [3.8, 4) is 5.75 Å². The van der Waals surface area contributed by atoms with Gasteiger partial charge in [0.1, 0.15) is 12.3 Å². The van der Waals surface area contributed by atoms with E-state index in [9.17, 15) is 19.2 Å². The van der Waals surface area contributed by atoms with E-state index in [-0.39, 0.29) is 12.5 Å². The molecule has 0 radical (unpaired) electrons. The number of carbonyl (C=O) groups is 4.